The first-order chi connectivity index (χ1) is 7.32. The highest BCUT2D eigenvalue weighted by Gasteiger charge is 2.35. The lowest BCUT2D eigenvalue weighted by molar-refractivity contribution is -0.126. The molecule has 0 saturated carbocycles. The molecular formula is C10H20N2O3S. The number of rotatable bonds is 4. The third-order valence-corrected chi connectivity index (χ3v) is 5.03. The Labute approximate surface area is 96.7 Å². The van der Waals surface area contributed by atoms with E-state index in [1.807, 2.05) is 13.8 Å². The number of hydrogen-bond acceptors (Lipinski definition) is 4. The number of sulfone groups is 1. The predicted octanol–water partition coefficient (Wildman–Crippen LogP) is -0.335. The zero-order valence-corrected chi connectivity index (χ0v) is 10.6. The van der Waals surface area contributed by atoms with Crippen LogP contribution in [0.15, 0.2) is 0 Å². The molecule has 0 aromatic rings. The normalized spacial score (nSPS) is 27.3. The molecule has 94 valence electrons. The summed E-state index contributed by atoms with van der Waals surface area (Å²) in [6.07, 6.45) is 1.16. The quantitative estimate of drug-likeness (QED) is 0.712. The lowest BCUT2D eigenvalue weighted by Gasteiger charge is -2.29. The molecule has 3 N–H and O–H groups in total. The van der Waals surface area contributed by atoms with Crippen molar-refractivity contribution in [2.24, 2.45) is 11.7 Å². The van der Waals surface area contributed by atoms with E-state index in [9.17, 15) is 13.2 Å². The molecule has 1 rings (SSSR count). The molecule has 6 heteroatoms. The van der Waals surface area contributed by atoms with Crippen molar-refractivity contribution >= 4 is 15.7 Å². The fourth-order valence-corrected chi connectivity index (χ4v) is 3.43. The van der Waals surface area contributed by atoms with Crippen LogP contribution in [0.5, 0.6) is 0 Å². The van der Waals surface area contributed by atoms with Crippen molar-refractivity contribution in [3.05, 3.63) is 0 Å². The number of nitrogens with one attached hydrogen (secondary N) is 1. The fourth-order valence-electron chi connectivity index (χ4n) is 1.69. The minimum atomic E-state index is -3.00. The van der Waals surface area contributed by atoms with Gasteiger partial charge in [0, 0.05) is 12.1 Å². The van der Waals surface area contributed by atoms with Gasteiger partial charge in [0.25, 0.3) is 0 Å². The second kappa shape index (κ2) is 4.71. The van der Waals surface area contributed by atoms with Gasteiger partial charge in [-0.05, 0) is 19.8 Å². The summed E-state index contributed by atoms with van der Waals surface area (Å²) in [6, 6.07) is 0. The van der Waals surface area contributed by atoms with Crippen LogP contribution in [0.4, 0.5) is 0 Å². The van der Waals surface area contributed by atoms with Gasteiger partial charge in [0.1, 0.15) is 0 Å². The third kappa shape index (κ3) is 3.18. The highest BCUT2D eigenvalue weighted by molar-refractivity contribution is 7.91. The molecule has 0 aromatic heterocycles. The lowest BCUT2D eigenvalue weighted by Crippen LogP contribution is -2.52. The Morgan fingerprint density at radius 2 is 2.19 bits per heavy atom. The number of hydrogen-bond donors (Lipinski definition) is 2. The first-order valence-electron chi connectivity index (χ1n) is 5.54. The third-order valence-electron chi connectivity index (χ3n) is 3.26. The standard InChI is InChI=1S/C10H20N2O3S/c1-3-10(2,7-11)12-9(13)8-4-5-16(14,15)6-8/h8H,3-7,11H2,1-2H3,(H,12,13). The summed E-state index contributed by atoms with van der Waals surface area (Å²) < 4.78 is 22.5. The van der Waals surface area contributed by atoms with E-state index in [1.54, 1.807) is 0 Å². The molecule has 1 fully saturated rings. The van der Waals surface area contributed by atoms with Crippen molar-refractivity contribution in [2.45, 2.75) is 32.2 Å². The van der Waals surface area contributed by atoms with Gasteiger partial charge in [-0.2, -0.15) is 0 Å². The van der Waals surface area contributed by atoms with Crippen LogP contribution in [0.25, 0.3) is 0 Å². The molecule has 0 aliphatic carbocycles. The van der Waals surface area contributed by atoms with Crippen LogP contribution in [0.3, 0.4) is 0 Å². The maximum Gasteiger partial charge on any atom is 0.224 e. The Morgan fingerprint density at radius 1 is 1.56 bits per heavy atom. The highest BCUT2D eigenvalue weighted by atomic mass is 32.2. The van der Waals surface area contributed by atoms with E-state index in [1.165, 1.54) is 0 Å². The van der Waals surface area contributed by atoms with E-state index in [0.717, 1.165) is 6.42 Å². The molecule has 0 spiro atoms. The summed E-state index contributed by atoms with van der Waals surface area (Å²) in [4.78, 5) is 11.8. The SMILES string of the molecule is CCC(C)(CN)NC(=O)C1CCS(=O)(=O)C1. The second-order valence-electron chi connectivity index (χ2n) is 4.71. The van der Waals surface area contributed by atoms with Crippen LogP contribution in [0.2, 0.25) is 0 Å². The summed E-state index contributed by atoms with van der Waals surface area (Å²) >= 11 is 0. The van der Waals surface area contributed by atoms with Crippen molar-refractivity contribution in [3.8, 4) is 0 Å². The van der Waals surface area contributed by atoms with E-state index in [0.29, 0.717) is 13.0 Å². The smallest absolute Gasteiger partial charge is 0.224 e. The first-order valence-corrected chi connectivity index (χ1v) is 7.36. The Balaban J connectivity index is 2.60. The Bertz CT molecular complexity index is 360. The summed E-state index contributed by atoms with van der Waals surface area (Å²) in [5, 5.41) is 2.84. The molecule has 1 aliphatic rings. The first kappa shape index (κ1) is 13.4. The van der Waals surface area contributed by atoms with Gasteiger partial charge in [0.05, 0.1) is 17.4 Å². The molecule has 16 heavy (non-hydrogen) atoms. The summed E-state index contributed by atoms with van der Waals surface area (Å²) in [5.74, 6) is -0.488. The minimum Gasteiger partial charge on any atom is -0.349 e. The Kier molecular flexibility index (Phi) is 3.96. The molecule has 0 radical (unpaired) electrons. The largest absolute Gasteiger partial charge is 0.349 e. The highest BCUT2D eigenvalue weighted by Crippen LogP contribution is 2.19. The van der Waals surface area contributed by atoms with Crippen LogP contribution < -0.4 is 11.1 Å². The summed E-state index contributed by atoms with van der Waals surface area (Å²) in [7, 11) is -3.00. The van der Waals surface area contributed by atoms with Crippen molar-refractivity contribution in [3.63, 3.8) is 0 Å². The second-order valence-corrected chi connectivity index (χ2v) is 6.94. The number of carbonyl (C=O) groups is 1. The zero-order chi connectivity index (χ0) is 12.4. The average molecular weight is 248 g/mol. The van der Waals surface area contributed by atoms with Crippen LogP contribution >= 0.6 is 0 Å². The predicted molar refractivity (Wildman–Crippen MR) is 62.7 cm³/mol. The maximum atomic E-state index is 11.8. The topological polar surface area (TPSA) is 89.3 Å². The number of amides is 1. The average Bonchev–Trinajstić information content (AvgIpc) is 2.58. The van der Waals surface area contributed by atoms with Crippen LogP contribution in [-0.2, 0) is 14.6 Å². The summed E-state index contributed by atoms with van der Waals surface area (Å²) in [5.41, 5.74) is 5.16. The Hall–Kier alpha value is -0.620. The van der Waals surface area contributed by atoms with E-state index in [2.05, 4.69) is 5.32 Å². The van der Waals surface area contributed by atoms with E-state index in [-0.39, 0.29) is 17.4 Å². The maximum absolute atomic E-state index is 11.8. The zero-order valence-electron chi connectivity index (χ0n) is 9.82. The van der Waals surface area contributed by atoms with Crippen LogP contribution in [0, 0.1) is 5.92 Å². The molecule has 1 heterocycles. The molecule has 1 saturated heterocycles. The monoisotopic (exact) mass is 248 g/mol. The number of nitrogens with two attached hydrogens (primary N) is 1. The van der Waals surface area contributed by atoms with Crippen LogP contribution in [0.1, 0.15) is 26.7 Å². The van der Waals surface area contributed by atoms with Crippen molar-refractivity contribution in [1.29, 1.82) is 0 Å². The molecule has 5 nitrogen and oxygen atoms in total. The van der Waals surface area contributed by atoms with Crippen molar-refractivity contribution in [1.82, 2.24) is 5.32 Å². The molecule has 0 bridgehead atoms. The van der Waals surface area contributed by atoms with Gasteiger partial charge >= 0.3 is 0 Å². The van der Waals surface area contributed by atoms with E-state index >= 15 is 0 Å². The van der Waals surface area contributed by atoms with Crippen molar-refractivity contribution < 1.29 is 13.2 Å². The molecule has 2 atom stereocenters. The fraction of sp³-hybridized carbons (Fsp3) is 0.900. The lowest BCUT2D eigenvalue weighted by atomic mass is 9.97. The minimum absolute atomic E-state index is 0.0246. The molecule has 2 unspecified atom stereocenters. The summed E-state index contributed by atoms with van der Waals surface area (Å²) in [6.45, 7) is 4.17. The van der Waals surface area contributed by atoms with Gasteiger partial charge in [0.2, 0.25) is 5.91 Å². The van der Waals surface area contributed by atoms with Gasteiger partial charge in [-0.1, -0.05) is 6.92 Å². The van der Waals surface area contributed by atoms with Gasteiger partial charge in [-0.15, -0.1) is 0 Å². The van der Waals surface area contributed by atoms with E-state index in [4.69, 9.17) is 5.73 Å². The molecule has 1 aliphatic heterocycles. The molecule has 0 aromatic carbocycles. The Morgan fingerprint density at radius 3 is 2.56 bits per heavy atom. The van der Waals surface area contributed by atoms with Gasteiger partial charge in [0.15, 0.2) is 9.84 Å². The van der Waals surface area contributed by atoms with E-state index < -0.39 is 21.3 Å². The van der Waals surface area contributed by atoms with Gasteiger partial charge < -0.3 is 11.1 Å². The molecule has 1 amide bonds. The number of carbonyl (C=O) groups excluding carboxylic acids is 1. The molecular weight excluding hydrogens is 228 g/mol. The van der Waals surface area contributed by atoms with Gasteiger partial charge in [-0.25, -0.2) is 8.42 Å². The van der Waals surface area contributed by atoms with Crippen molar-refractivity contribution in [2.75, 3.05) is 18.1 Å². The van der Waals surface area contributed by atoms with Gasteiger partial charge in [-0.3, -0.25) is 4.79 Å². The van der Waals surface area contributed by atoms with Crippen LogP contribution in [-0.4, -0.2) is 37.9 Å².